The summed E-state index contributed by atoms with van der Waals surface area (Å²) in [6.07, 6.45) is 0.857. The molecule has 8 heteroatoms. The number of Topliss-reactive ketones (excluding diaryl/α,β-unsaturated/α-hetero) is 1. The fourth-order valence-corrected chi connectivity index (χ4v) is 5.50. The molecule has 1 aliphatic heterocycles. The van der Waals surface area contributed by atoms with Crippen LogP contribution in [0.4, 0.5) is 0 Å². The van der Waals surface area contributed by atoms with E-state index in [1.807, 2.05) is 63.2 Å². The van der Waals surface area contributed by atoms with Crippen LogP contribution in [0.25, 0.3) is 0 Å². The Balaban J connectivity index is 1.75. The van der Waals surface area contributed by atoms with Crippen LogP contribution in [0.2, 0.25) is 0 Å². The zero-order valence-electron chi connectivity index (χ0n) is 23.3. The summed E-state index contributed by atoms with van der Waals surface area (Å²) in [7, 11) is 3.19. The number of carbonyl (C=O) groups is 2. The van der Waals surface area contributed by atoms with Gasteiger partial charge in [-0.3, -0.25) is 14.6 Å². The highest BCUT2D eigenvalue weighted by Crippen LogP contribution is 2.49. The second-order valence-electron chi connectivity index (χ2n) is 9.55. The average Bonchev–Trinajstić information content (AvgIpc) is 2.94. The minimum absolute atomic E-state index is 0.0318. The maximum absolute atomic E-state index is 13.9. The third kappa shape index (κ3) is 6.01. The molecule has 0 saturated heterocycles. The van der Waals surface area contributed by atoms with Gasteiger partial charge in [-0.15, -0.1) is 0 Å². The van der Waals surface area contributed by atoms with Crippen molar-refractivity contribution in [2.24, 2.45) is 10.9 Å². The Morgan fingerprint density at radius 1 is 0.949 bits per heavy atom. The summed E-state index contributed by atoms with van der Waals surface area (Å²) in [6, 6.07) is 13.3. The number of ether oxygens (including phenoxy) is 5. The number of allylic oxidation sites excluding steroid dienone is 2. The highest BCUT2D eigenvalue weighted by molar-refractivity contribution is 6.09. The standard InChI is InChI=1S/C31H37NO7/c1-6-37-14-15-39-31(34)28-19(3)32-23-16-21(20-12-13-26(35-4)27(18-20)36-5)17-24(33)30(23)29(28)22-10-8-9-11-25(22)38-7-2/h8-13,18,21,28-29H,6-7,14-17H2,1-5H3/t21-,28?,29+/m1/s1. The van der Waals surface area contributed by atoms with Gasteiger partial charge in [0.05, 0.1) is 27.4 Å². The van der Waals surface area contributed by atoms with Crippen LogP contribution in [0.15, 0.2) is 58.7 Å². The molecule has 8 nitrogen and oxygen atoms in total. The molecule has 2 aromatic carbocycles. The van der Waals surface area contributed by atoms with E-state index in [-0.39, 0.29) is 18.3 Å². The fourth-order valence-electron chi connectivity index (χ4n) is 5.50. The zero-order chi connectivity index (χ0) is 27.9. The Morgan fingerprint density at radius 3 is 2.44 bits per heavy atom. The van der Waals surface area contributed by atoms with Crippen molar-refractivity contribution in [3.63, 3.8) is 0 Å². The number of hydrogen-bond acceptors (Lipinski definition) is 8. The maximum atomic E-state index is 13.9. The van der Waals surface area contributed by atoms with E-state index in [2.05, 4.69) is 0 Å². The van der Waals surface area contributed by atoms with Crippen molar-refractivity contribution in [2.45, 2.75) is 45.4 Å². The van der Waals surface area contributed by atoms with Crippen molar-refractivity contribution < 1.29 is 33.3 Å². The van der Waals surface area contributed by atoms with Gasteiger partial charge in [0.25, 0.3) is 0 Å². The molecule has 2 aromatic rings. The SMILES string of the molecule is CCOCCOC(=O)C1C(C)=NC2=C(C(=O)C[C@H](c3ccc(OC)c(OC)c3)C2)[C@H]1c1ccccc1OCC. The average molecular weight is 536 g/mol. The van der Waals surface area contributed by atoms with E-state index in [4.69, 9.17) is 28.7 Å². The number of methoxy groups -OCH3 is 2. The zero-order valence-corrected chi connectivity index (χ0v) is 23.3. The third-order valence-electron chi connectivity index (χ3n) is 7.25. The molecule has 1 aliphatic carbocycles. The fraction of sp³-hybridized carbons (Fsp3) is 0.452. The highest BCUT2D eigenvalue weighted by atomic mass is 16.6. The van der Waals surface area contributed by atoms with Gasteiger partial charge in [-0.25, -0.2) is 0 Å². The van der Waals surface area contributed by atoms with Crippen LogP contribution in [0.3, 0.4) is 0 Å². The van der Waals surface area contributed by atoms with Crippen molar-refractivity contribution in [1.29, 1.82) is 0 Å². The lowest BCUT2D eigenvalue weighted by molar-refractivity contribution is -0.148. The second-order valence-corrected chi connectivity index (χ2v) is 9.55. The number of hydrogen-bond donors (Lipinski definition) is 0. The summed E-state index contributed by atoms with van der Waals surface area (Å²) in [5, 5.41) is 0. The minimum Gasteiger partial charge on any atom is -0.494 e. The topological polar surface area (TPSA) is 92.7 Å². The molecule has 0 bridgehead atoms. The molecular formula is C31H37NO7. The Kier molecular flexibility index (Phi) is 9.41. The Hall–Kier alpha value is -3.65. The maximum Gasteiger partial charge on any atom is 0.315 e. The third-order valence-corrected chi connectivity index (χ3v) is 7.25. The van der Waals surface area contributed by atoms with E-state index in [9.17, 15) is 9.59 Å². The van der Waals surface area contributed by atoms with Gasteiger partial charge in [-0.1, -0.05) is 24.3 Å². The summed E-state index contributed by atoms with van der Waals surface area (Å²) in [6.45, 7) is 7.08. The molecule has 1 heterocycles. The molecule has 2 aliphatic rings. The number of para-hydroxylation sites is 1. The van der Waals surface area contributed by atoms with Gasteiger partial charge in [0.15, 0.2) is 17.3 Å². The lowest BCUT2D eigenvalue weighted by Crippen LogP contribution is -2.38. The molecule has 1 unspecified atom stereocenters. The van der Waals surface area contributed by atoms with Gasteiger partial charge in [0.2, 0.25) is 0 Å². The first-order chi connectivity index (χ1) is 18.9. The first-order valence-corrected chi connectivity index (χ1v) is 13.4. The smallest absolute Gasteiger partial charge is 0.315 e. The molecule has 208 valence electrons. The van der Waals surface area contributed by atoms with E-state index < -0.39 is 17.8 Å². The Labute approximate surface area is 230 Å². The van der Waals surface area contributed by atoms with E-state index in [0.717, 1.165) is 11.1 Å². The number of nitrogens with zero attached hydrogens (tertiary/aromatic N) is 1. The molecule has 0 spiro atoms. The van der Waals surface area contributed by atoms with Crippen molar-refractivity contribution >= 4 is 17.5 Å². The molecule has 0 amide bonds. The summed E-state index contributed by atoms with van der Waals surface area (Å²) in [5.74, 6) is 0.0622. The van der Waals surface area contributed by atoms with Gasteiger partial charge in [-0.2, -0.15) is 0 Å². The first kappa shape index (κ1) is 28.4. The van der Waals surface area contributed by atoms with E-state index >= 15 is 0 Å². The first-order valence-electron chi connectivity index (χ1n) is 13.4. The van der Waals surface area contributed by atoms with Gasteiger partial charge in [0, 0.05) is 41.5 Å². The lowest BCUT2D eigenvalue weighted by atomic mass is 9.69. The number of aliphatic imine (C=N–C) groups is 1. The summed E-state index contributed by atoms with van der Waals surface area (Å²) >= 11 is 0. The van der Waals surface area contributed by atoms with Gasteiger partial charge in [0.1, 0.15) is 18.3 Å². The van der Waals surface area contributed by atoms with Crippen molar-refractivity contribution in [3.05, 3.63) is 64.9 Å². The van der Waals surface area contributed by atoms with Crippen LogP contribution < -0.4 is 14.2 Å². The van der Waals surface area contributed by atoms with Crippen LogP contribution >= 0.6 is 0 Å². The van der Waals surface area contributed by atoms with Gasteiger partial charge in [-0.05, 0) is 56.9 Å². The van der Waals surface area contributed by atoms with Crippen LogP contribution in [-0.4, -0.2) is 58.1 Å². The largest absolute Gasteiger partial charge is 0.494 e. The van der Waals surface area contributed by atoms with Crippen molar-refractivity contribution in [2.75, 3.05) is 40.6 Å². The number of benzene rings is 2. The summed E-state index contributed by atoms with van der Waals surface area (Å²) < 4.78 is 27.8. The van der Waals surface area contributed by atoms with E-state index in [0.29, 0.717) is 66.9 Å². The van der Waals surface area contributed by atoms with Crippen LogP contribution in [0, 0.1) is 5.92 Å². The molecule has 0 saturated carbocycles. The predicted molar refractivity (Wildman–Crippen MR) is 148 cm³/mol. The summed E-state index contributed by atoms with van der Waals surface area (Å²) in [4.78, 5) is 32.2. The second kappa shape index (κ2) is 12.9. The predicted octanol–water partition coefficient (Wildman–Crippen LogP) is 5.26. The Bertz CT molecular complexity index is 1270. The molecule has 0 radical (unpaired) electrons. The van der Waals surface area contributed by atoms with Crippen LogP contribution in [0.1, 0.15) is 56.6 Å². The molecule has 3 atom stereocenters. The van der Waals surface area contributed by atoms with Crippen LogP contribution in [-0.2, 0) is 19.1 Å². The van der Waals surface area contributed by atoms with Crippen molar-refractivity contribution in [1.82, 2.24) is 0 Å². The lowest BCUT2D eigenvalue weighted by Gasteiger charge is -2.37. The monoisotopic (exact) mass is 535 g/mol. The molecular weight excluding hydrogens is 498 g/mol. The van der Waals surface area contributed by atoms with Crippen LogP contribution in [0.5, 0.6) is 17.2 Å². The molecule has 4 rings (SSSR count). The van der Waals surface area contributed by atoms with Gasteiger partial charge >= 0.3 is 5.97 Å². The Morgan fingerprint density at radius 2 is 1.72 bits per heavy atom. The number of ketones is 1. The normalized spacial score (nSPS) is 20.7. The minimum atomic E-state index is -0.742. The summed E-state index contributed by atoms with van der Waals surface area (Å²) in [5.41, 5.74) is 3.65. The van der Waals surface area contributed by atoms with E-state index in [1.54, 1.807) is 14.2 Å². The molecule has 0 fully saturated rings. The van der Waals surface area contributed by atoms with Gasteiger partial charge < -0.3 is 23.7 Å². The molecule has 0 N–H and O–H groups in total. The highest BCUT2D eigenvalue weighted by Gasteiger charge is 2.45. The number of carbonyl (C=O) groups excluding carboxylic acids is 2. The molecule has 0 aromatic heterocycles. The molecule has 39 heavy (non-hydrogen) atoms. The van der Waals surface area contributed by atoms with E-state index in [1.165, 1.54) is 0 Å². The number of esters is 1. The van der Waals surface area contributed by atoms with Crippen molar-refractivity contribution in [3.8, 4) is 17.2 Å². The number of rotatable bonds is 11. The quantitative estimate of drug-likeness (QED) is 0.286.